The first-order chi connectivity index (χ1) is 10.7. The number of hydrogen-bond acceptors (Lipinski definition) is 1. The van der Waals surface area contributed by atoms with Crippen molar-refractivity contribution in [2.75, 3.05) is 19.5 Å². The molecule has 0 radical (unpaired) electrons. The van der Waals surface area contributed by atoms with Crippen LogP contribution < -0.4 is 0 Å². The molecule has 3 heteroatoms. The monoisotopic (exact) mass is 331 g/mol. The molecule has 0 unspecified atom stereocenters. The molecule has 0 aromatic carbocycles. The van der Waals surface area contributed by atoms with Crippen molar-refractivity contribution < 1.29 is 4.79 Å². The van der Waals surface area contributed by atoms with E-state index in [-0.39, 0.29) is 5.91 Å². The van der Waals surface area contributed by atoms with Gasteiger partial charge in [0.1, 0.15) is 0 Å². The maximum atomic E-state index is 11.7. The van der Waals surface area contributed by atoms with Crippen molar-refractivity contribution in [3.8, 4) is 0 Å². The average Bonchev–Trinajstić information content (AvgIpc) is 2.51. The Hall–Kier alpha value is -0.240. The van der Waals surface area contributed by atoms with Crippen molar-refractivity contribution in [3.05, 3.63) is 0 Å². The largest absolute Gasteiger partial charge is 0.345 e. The summed E-state index contributed by atoms with van der Waals surface area (Å²) >= 11 is 5.63. The number of rotatable bonds is 16. The van der Waals surface area contributed by atoms with Crippen molar-refractivity contribution in [1.29, 1.82) is 0 Å². The molecule has 0 aliphatic carbocycles. The Morgan fingerprint density at radius 2 is 1.18 bits per heavy atom. The summed E-state index contributed by atoms with van der Waals surface area (Å²) in [5.74, 6) is 0.768. The molecule has 22 heavy (non-hydrogen) atoms. The number of unbranched alkanes of at least 4 members (excludes halogenated alkanes) is 12. The van der Waals surface area contributed by atoms with Crippen molar-refractivity contribution in [2.45, 2.75) is 96.8 Å². The molecule has 0 bridgehead atoms. The fraction of sp³-hybridized carbons (Fsp3) is 0.947. The van der Waals surface area contributed by atoms with Gasteiger partial charge in [0, 0.05) is 25.9 Å². The SMILES string of the molecule is CCCCCCCCCCCCCCCC(=O)N(C)CCCl. The molecule has 0 aliphatic rings. The molecule has 0 aromatic rings. The second-order valence-electron chi connectivity index (χ2n) is 6.50. The van der Waals surface area contributed by atoms with Gasteiger partial charge in [-0.2, -0.15) is 0 Å². The molecule has 0 fully saturated rings. The van der Waals surface area contributed by atoms with E-state index < -0.39 is 0 Å². The highest BCUT2D eigenvalue weighted by atomic mass is 35.5. The van der Waals surface area contributed by atoms with Crippen LogP contribution in [0.3, 0.4) is 0 Å². The minimum Gasteiger partial charge on any atom is -0.345 e. The van der Waals surface area contributed by atoms with Gasteiger partial charge in [0.2, 0.25) is 5.91 Å². The van der Waals surface area contributed by atoms with Crippen LogP contribution >= 0.6 is 11.6 Å². The molecule has 0 saturated heterocycles. The predicted molar refractivity (Wildman–Crippen MR) is 98.7 cm³/mol. The summed E-state index contributed by atoms with van der Waals surface area (Å²) in [5, 5.41) is 0. The Morgan fingerprint density at radius 1 is 0.773 bits per heavy atom. The number of amides is 1. The molecule has 0 N–H and O–H groups in total. The van der Waals surface area contributed by atoms with Crippen LogP contribution in [0.1, 0.15) is 96.8 Å². The van der Waals surface area contributed by atoms with Crippen LogP contribution in [-0.4, -0.2) is 30.3 Å². The van der Waals surface area contributed by atoms with Gasteiger partial charge in [0.05, 0.1) is 0 Å². The van der Waals surface area contributed by atoms with Crippen LogP contribution in [0.25, 0.3) is 0 Å². The zero-order chi connectivity index (χ0) is 16.5. The summed E-state index contributed by atoms with van der Waals surface area (Å²) < 4.78 is 0. The third kappa shape index (κ3) is 14.7. The Balaban J connectivity index is 3.16. The van der Waals surface area contributed by atoms with Gasteiger partial charge in [0.25, 0.3) is 0 Å². The lowest BCUT2D eigenvalue weighted by Crippen LogP contribution is -2.28. The Labute approximate surface area is 144 Å². The van der Waals surface area contributed by atoms with Gasteiger partial charge >= 0.3 is 0 Å². The highest BCUT2D eigenvalue weighted by molar-refractivity contribution is 6.18. The second kappa shape index (κ2) is 17.1. The number of nitrogens with zero attached hydrogens (tertiary/aromatic N) is 1. The highest BCUT2D eigenvalue weighted by Crippen LogP contribution is 2.13. The van der Waals surface area contributed by atoms with Gasteiger partial charge in [-0.15, -0.1) is 11.6 Å². The minimum atomic E-state index is 0.240. The molecule has 0 aromatic heterocycles. The van der Waals surface area contributed by atoms with E-state index in [0.29, 0.717) is 18.8 Å². The predicted octanol–water partition coefficient (Wildman–Crippen LogP) is 6.16. The Morgan fingerprint density at radius 3 is 1.59 bits per heavy atom. The van der Waals surface area contributed by atoms with E-state index in [4.69, 9.17) is 11.6 Å². The third-order valence-electron chi connectivity index (χ3n) is 4.34. The maximum Gasteiger partial charge on any atom is 0.222 e. The summed E-state index contributed by atoms with van der Waals surface area (Å²) in [4.78, 5) is 13.4. The molecule has 0 aliphatic heterocycles. The standard InChI is InChI=1S/C19H38ClNO/c1-3-4-5-6-7-8-9-10-11-12-13-14-15-16-19(22)21(2)18-17-20/h3-18H2,1-2H3. The van der Waals surface area contributed by atoms with Crippen LogP contribution in [0.15, 0.2) is 0 Å². The van der Waals surface area contributed by atoms with Crippen molar-refractivity contribution in [1.82, 2.24) is 4.90 Å². The van der Waals surface area contributed by atoms with E-state index in [1.165, 1.54) is 77.0 Å². The van der Waals surface area contributed by atoms with Gasteiger partial charge in [-0.05, 0) is 6.42 Å². The zero-order valence-corrected chi connectivity index (χ0v) is 15.8. The minimum absolute atomic E-state index is 0.240. The van der Waals surface area contributed by atoms with Gasteiger partial charge in [-0.25, -0.2) is 0 Å². The topological polar surface area (TPSA) is 20.3 Å². The number of alkyl halides is 1. The van der Waals surface area contributed by atoms with E-state index >= 15 is 0 Å². The second-order valence-corrected chi connectivity index (χ2v) is 6.87. The van der Waals surface area contributed by atoms with E-state index in [1.54, 1.807) is 4.90 Å². The average molecular weight is 332 g/mol. The van der Waals surface area contributed by atoms with Crippen LogP contribution in [0.5, 0.6) is 0 Å². The number of carbonyl (C=O) groups excluding carboxylic acids is 1. The van der Waals surface area contributed by atoms with Gasteiger partial charge in [-0.3, -0.25) is 4.79 Å². The van der Waals surface area contributed by atoms with Gasteiger partial charge in [-0.1, -0.05) is 84.0 Å². The Bertz CT molecular complexity index is 246. The summed E-state index contributed by atoms with van der Waals surface area (Å²) in [6, 6.07) is 0. The number of hydrogen-bond donors (Lipinski definition) is 0. The van der Waals surface area contributed by atoms with Gasteiger partial charge in [0.15, 0.2) is 0 Å². The Kier molecular flexibility index (Phi) is 16.9. The normalized spacial score (nSPS) is 10.9. The molecule has 0 rings (SSSR count). The first-order valence-electron chi connectivity index (χ1n) is 9.52. The lowest BCUT2D eigenvalue weighted by Gasteiger charge is -2.15. The van der Waals surface area contributed by atoms with Crippen LogP contribution in [-0.2, 0) is 4.79 Å². The maximum absolute atomic E-state index is 11.7. The smallest absolute Gasteiger partial charge is 0.222 e. The number of halogens is 1. The highest BCUT2D eigenvalue weighted by Gasteiger charge is 2.06. The molecule has 2 nitrogen and oxygen atoms in total. The molecule has 1 amide bonds. The molecule has 0 spiro atoms. The number of carbonyl (C=O) groups is 1. The lowest BCUT2D eigenvalue weighted by atomic mass is 10.0. The quantitative estimate of drug-likeness (QED) is 0.245. The first kappa shape index (κ1) is 21.8. The summed E-state index contributed by atoms with van der Waals surface area (Å²) in [7, 11) is 1.84. The summed E-state index contributed by atoms with van der Waals surface area (Å²) in [6.07, 6.45) is 18.2. The van der Waals surface area contributed by atoms with Crippen molar-refractivity contribution in [2.24, 2.45) is 0 Å². The molecule has 0 atom stereocenters. The third-order valence-corrected chi connectivity index (χ3v) is 4.51. The van der Waals surface area contributed by atoms with E-state index in [0.717, 1.165) is 6.42 Å². The van der Waals surface area contributed by atoms with Crippen LogP contribution in [0.2, 0.25) is 0 Å². The van der Waals surface area contributed by atoms with Crippen LogP contribution in [0, 0.1) is 0 Å². The zero-order valence-electron chi connectivity index (χ0n) is 15.0. The fourth-order valence-corrected chi connectivity index (χ4v) is 2.99. The van der Waals surface area contributed by atoms with Crippen molar-refractivity contribution in [3.63, 3.8) is 0 Å². The molecule has 132 valence electrons. The fourth-order valence-electron chi connectivity index (χ4n) is 2.74. The van der Waals surface area contributed by atoms with E-state index in [2.05, 4.69) is 6.92 Å². The first-order valence-corrected chi connectivity index (χ1v) is 10.1. The van der Waals surface area contributed by atoms with E-state index in [1.807, 2.05) is 7.05 Å². The molecule has 0 heterocycles. The summed E-state index contributed by atoms with van der Waals surface area (Å²) in [5.41, 5.74) is 0. The van der Waals surface area contributed by atoms with Crippen molar-refractivity contribution >= 4 is 17.5 Å². The molecular formula is C19H38ClNO. The molecular weight excluding hydrogens is 294 g/mol. The summed E-state index contributed by atoms with van der Waals surface area (Å²) in [6.45, 7) is 2.94. The van der Waals surface area contributed by atoms with Crippen LogP contribution in [0.4, 0.5) is 0 Å². The van der Waals surface area contributed by atoms with Gasteiger partial charge < -0.3 is 4.90 Å². The lowest BCUT2D eigenvalue weighted by molar-refractivity contribution is -0.129. The van der Waals surface area contributed by atoms with E-state index in [9.17, 15) is 4.79 Å². The molecule has 0 saturated carbocycles.